The number of aryl methyl sites for hydroxylation is 1. The van der Waals surface area contributed by atoms with Gasteiger partial charge >= 0.3 is 0 Å². The van der Waals surface area contributed by atoms with Crippen LogP contribution in [0.25, 0.3) is 5.69 Å². The summed E-state index contributed by atoms with van der Waals surface area (Å²) in [6, 6.07) is 10.7. The van der Waals surface area contributed by atoms with Gasteiger partial charge in [0, 0.05) is 50.5 Å². The van der Waals surface area contributed by atoms with Gasteiger partial charge in [0.15, 0.2) is 5.96 Å². The lowest BCUT2D eigenvalue weighted by atomic mass is 10.0. The number of ether oxygens (including phenoxy) is 1. The van der Waals surface area contributed by atoms with Crippen molar-refractivity contribution in [1.29, 1.82) is 0 Å². The van der Waals surface area contributed by atoms with Crippen molar-refractivity contribution in [3.63, 3.8) is 0 Å². The number of nitrogens with zero attached hydrogens (tertiary/aromatic N) is 4. The Bertz CT molecular complexity index is 830. The summed E-state index contributed by atoms with van der Waals surface area (Å²) in [6.07, 6.45) is 0. The number of para-hydroxylation sites is 1. The van der Waals surface area contributed by atoms with Gasteiger partial charge in [-0.15, -0.1) is 24.0 Å². The van der Waals surface area contributed by atoms with E-state index in [1.54, 1.807) is 0 Å². The van der Waals surface area contributed by atoms with Crippen molar-refractivity contribution in [3.05, 3.63) is 47.3 Å². The summed E-state index contributed by atoms with van der Waals surface area (Å²) >= 11 is 0. The van der Waals surface area contributed by atoms with E-state index in [4.69, 9.17) is 9.84 Å². The lowest BCUT2D eigenvalue weighted by molar-refractivity contribution is 0.00752. The van der Waals surface area contributed by atoms with Crippen molar-refractivity contribution in [2.45, 2.75) is 40.3 Å². The van der Waals surface area contributed by atoms with Crippen LogP contribution in [0.1, 0.15) is 30.8 Å². The first-order valence-electron chi connectivity index (χ1n) is 10.9. The molecule has 7 nitrogen and oxygen atoms in total. The van der Waals surface area contributed by atoms with E-state index < -0.39 is 0 Å². The van der Waals surface area contributed by atoms with Gasteiger partial charge in [0.2, 0.25) is 0 Å². The molecular formula is C23H37IN6O. The van der Waals surface area contributed by atoms with Gasteiger partial charge in [-0.3, -0.25) is 9.89 Å². The molecule has 0 radical (unpaired) electrons. The number of hydrogen-bond donors (Lipinski definition) is 2. The molecule has 0 aliphatic carbocycles. The summed E-state index contributed by atoms with van der Waals surface area (Å²) < 4.78 is 7.52. The first kappa shape index (κ1) is 25.6. The molecule has 2 heterocycles. The zero-order valence-electron chi connectivity index (χ0n) is 19.4. The Labute approximate surface area is 203 Å². The molecular weight excluding hydrogens is 503 g/mol. The quantitative estimate of drug-likeness (QED) is 0.321. The SMILES string of the molecule is CN=C(NCc1c(C)nn(-c2ccccc2)c1C)NCC(C(C)C)N1CCOCC1.I. The molecule has 0 saturated carbocycles. The third kappa shape index (κ3) is 6.66. The van der Waals surface area contributed by atoms with Crippen LogP contribution < -0.4 is 10.6 Å². The van der Waals surface area contributed by atoms with Crippen molar-refractivity contribution in [3.8, 4) is 5.69 Å². The van der Waals surface area contributed by atoms with Crippen molar-refractivity contribution in [1.82, 2.24) is 25.3 Å². The summed E-state index contributed by atoms with van der Waals surface area (Å²) in [5, 5.41) is 11.7. The van der Waals surface area contributed by atoms with Crippen LogP contribution in [0.3, 0.4) is 0 Å². The molecule has 1 fully saturated rings. The van der Waals surface area contributed by atoms with Crippen LogP contribution in [0.4, 0.5) is 0 Å². The molecule has 1 unspecified atom stereocenters. The molecule has 1 aliphatic rings. The second-order valence-corrected chi connectivity index (χ2v) is 8.16. The Balaban J connectivity index is 0.00000341. The number of rotatable bonds is 7. The lowest BCUT2D eigenvalue weighted by Crippen LogP contribution is -2.52. The molecule has 31 heavy (non-hydrogen) atoms. The fraction of sp³-hybridized carbons (Fsp3) is 0.565. The zero-order chi connectivity index (χ0) is 21.5. The summed E-state index contributed by atoms with van der Waals surface area (Å²) in [7, 11) is 1.82. The second kappa shape index (κ2) is 12.4. The molecule has 3 rings (SSSR count). The van der Waals surface area contributed by atoms with Crippen molar-refractivity contribution in [2.24, 2.45) is 10.9 Å². The number of halogens is 1. The van der Waals surface area contributed by atoms with E-state index in [2.05, 4.69) is 60.4 Å². The maximum absolute atomic E-state index is 5.51. The van der Waals surface area contributed by atoms with Crippen molar-refractivity contribution < 1.29 is 4.74 Å². The van der Waals surface area contributed by atoms with Crippen LogP contribution in [0, 0.1) is 19.8 Å². The molecule has 8 heteroatoms. The van der Waals surface area contributed by atoms with Crippen LogP contribution in [-0.2, 0) is 11.3 Å². The highest BCUT2D eigenvalue weighted by Crippen LogP contribution is 2.17. The van der Waals surface area contributed by atoms with Gasteiger partial charge in [-0.05, 0) is 31.9 Å². The highest BCUT2D eigenvalue weighted by molar-refractivity contribution is 14.0. The normalized spacial score (nSPS) is 16.1. The minimum absolute atomic E-state index is 0. The number of benzene rings is 1. The molecule has 1 aromatic heterocycles. The van der Waals surface area contributed by atoms with E-state index in [1.165, 1.54) is 5.56 Å². The number of aliphatic imine (C=N–C) groups is 1. The topological polar surface area (TPSA) is 66.7 Å². The predicted molar refractivity (Wildman–Crippen MR) is 138 cm³/mol. The Morgan fingerprint density at radius 2 is 1.81 bits per heavy atom. The zero-order valence-corrected chi connectivity index (χ0v) is 21.7. The van der Waals surface area contributed by atoms with E-state index in [1.807, 2.05) is 29.9 Å². The van der Waals surface area contributed by atoms with Crippen LogP contribution in [0.2, 0.25) is 0 Å². The monoisotopic (exact) mass is 540 g/mol. The van der Waals surface area contributed by atoms with Gasteiger partial charge in [0.25, 0.3) is 0 Å². The molecule has 2 aromatic rings. The highest BCUT2D eigenvalue weighted by atomic mass is 127. The third-order valence-electron chi connectivity index (χ3n) is 5.86. The fourth-order valence-electron chi connectivity index (χ4n) is 4.04. The summed E-state index contributed by atoms with van der Waals surface area (Å²) in [5.74, 6) is 1.38. The molecule has 0 bridgehead atoms. The molecule has 0 spiro atoms. The maximum Gasteiger partial charge on any atom is 0.191 e. The first-order chi connectivity index (χ1) is 14.5. The maximum atomic E-state index is 5.51. The van der Waals surface area contributed by atoms with E-state index in [0.717, 1.165) is 55.9 Å². The first-order valence-corrected chi connectivity index (χ1v) is 10.9. The van der Waals surface area contributed by atoms with E-state index in [9.17, 15) is 0 Å². The van der Waals surface area contributed by atoms with Gasteiger partial charge in [-0.2, -0.15) is 5.10 Å². The van der Waals surface area contributed by atoms with E-state index in [-0.39, 0.29) is 24.0 Å². The van der Waals surface area contributed by atoms with Gasteiger partial charge in [0.1, 0.15) is 0 Å². The molecule has 2 N–H and O–H groups in total. The summed E-state index contributed by atoms with van der Waals surface area (Å²) in [5.41, 5.74) is 4.47. The molecule has 172 valence electrons. The van der Waals surface area contributed by atoms with Crippen LogP contribution in [0.5, 0.6) is 0 Å². The smallest absolute Gasteiger partial charge is 0.191 e. The van der Waals surface area contributed by atoms with Gasteiger partial charge in [-0.1, -0.05) is 32.0 Å². The molecule has 1 aliphatic heterocycles. The van der Waals surface area contributed by atoms with Crippen LogP contribution in [0.15, 0.2) is 35.3 Å². The molecule has 1 saturated heterocycles. The minimum Gasteiger partial charge on any atom is -0.379 e. The number of guanidine groups is 1. The average Bonchev–Trinajstić information content (AvgIpc) is 3.05. The van der Waals surface area contributed by atoms with Crippen LogP contribution in [-0.4, -0.2) is 66.6 Å². The Hall–Kier alpha value is -1.65. The molecule has 0 amide bonds. The third-order valence-corrected chi connectivity index (χ3v) is 5.86. The average molecular weight is 540 g/mol. The second-order valence-electron chi connectivity index (χ2n) is 8.16. The predicted octanol–water partition coefficient (Wildman–Crippen LogP) is 3.13. The molecule has 1 atom stereocenters. The Morgan fingerprint density at radius 3 is 2.42 bits per heavy atom. The standard InChI is InChI=1S/C23H36N6O.HI/c1-17(2)22(28-11-13-30-14-12-28)16-26-23(24-5)25-15-21-18(3)27-29(19(21)4)20-9-7-6-8-10-20;/h6-10,17,22H,11-16H2,1-5H3,(H2,24,25,26);1H. The van der Waals surface area contributed by atoms with Gasteiger partial charge < -0.3 is 15.4 Å². The van der Waals surface area contributed by atoms with Crippen LogP contribution >= 0.6 is 24.0 Å². The number of hydrogen-bond acceptors (Lipinski definition) is 4. The van der Waals surface area contributed by atoms with Gasteiger partial charge in [0.05, 0.1) is 24.6 Å². The molecule has 1 aromatic carbocycles. The van der Waals surface area contributed by atoms with Gasteiger partial charge in [-0.25, -0.2) is 4.68 Å². The minimum atomic E-state index is 0. The Kier molecular flexibility index (Phi) is 10.2. The summed E-state index contributed by atoms with van der Waals surface area (Å²) in [6.45, 7) is 13.9. The van der Waals surface area contributed by atoms with Crippen molar-refractivity contribution >= 4 is 29.9 Å². The summed E-state index contributed by atoms with van der Waals surface area (Å²) in [4.78, 5) is 6.95. The Morgan fingerprint density at radius 1 is 1.13 bits per heavy atom. The number of nitrogens with one attached hydrogen (secondary N) is 2. The highest BCUT2D eigenvalue weighted by Gasteiger charge is 2.24. The largest absolute Gasteiger partial charge is 0.379 e. The van der Waals surface area contributed by atoms with E-state index >= 15 is 0 Å². The fourth-order valence-corrected chi connectivity index (χ4v) is 4.04. The van der Waals surface area contributed by atoms with E-state index in [0.29, 0.717) is 18.5 Å². The number of morpholine rings is 1. The number of aromatic nitrogens is 2. The van der Waals surface area contributed by atoms with Crippen molar-refractivity contribution in [2.75, 3.05) is 39.9 Å². The lowest BCUT2D eigenvalue weighted by Gasteiger charge is -2.37.